The maximum absolute atomic E-state index is 13.2. The summed E-state index contributed by atoms with van der Waals surface area (Å²) in [5.41, 5.74) is 2.06. The molecule has 0 radical (unpaired) electrons. The molecule has 1 amide bonds. The van der Waals surface area contributed by atoms with Crippen molar-refractivity contribution in [1.82, 2.24) is 9.97 Å². The first-order chi connectivity index (χ1) is 10.0. The lowest BCUT2D eigenvalue weighted by Crippen LogP contribution is -2.14. The van der Waals surface area contributed by atoms with Crippen molar-refractivity contribution in [2.24, 2.45) is 0 Å². The van der Waals surface area contributed by atoms with Crippen LogP contribution in [0.1, 0.15) is 21.1 Å². The second kappa shape index (κ2) is 5.21. The molecule has 0 atom stereocenters. The minimum Gasteiger partial charge on any atom is -0.321 e. The van der Waals surface area contributed by atoms with Crippen LogP contribution in [0.3, 0.4) is 0 Å². The molecule has 0 saturated carbocycles. The summed E-state index contributed by atoms with van der Waals surface area (Å²) in [5, 5.41) is 3.72. The number of carbonyl (C=O) groups excluding carboxylic acids is 1. The van der Waals surface area contributed by atoms with E-state index in [0.717, 1.165) is 21.4 Å². The number of hydrogen-bond acceptors (Lipinski definition) is 4. The number of anilines is 1. The molecule has 3 aromatic rings. The highest BCUT2D eigenvalue weighted by molar-refractivity contribution is 7.18. The lowest BCUT2D eigenvalue weighted by Gasteiger charge is -2.05. The predicted molar refractivity (Wildman–Crippen MR) is 81.2 cm³/mol. The molecule has 1 N–H and O–H groups in total. The quantitative estimate of drug-likeness (QED) is 0.785. The molecule has 0 unspecified atom stereocenters. The van der Waals surface area contributed by atoms with Gasteiger partial charge in [0.15, 0.2) is 0 Å². The number of halogens is 1. The molecule has 0 saturated heterocycles. The second-order valence-corrected chi connectivity index (χ2v) is 5.92. The average Bonchev–Trinajstić information content (AvgIpc) is 2.81. The minimum absolute atomic E-state index is 0.184. The molecule has 106 valence electrons. The monoisotopic (exact) mass is 301 g/mol. The Morgan fingerprint density at radius 3 is 2.86 bits per heavy atom. The van der Waals surface area contributed by atoms with Crippen molar-refractivity contribution < 1.29 is 9.18 Å². The molecule has 2 heterocycles. The number of hydrogen-bond donors (Lipinski definition) is 1. The highest BCUT2D eigenvalue weighted by Gasteiger charge is 2.10. The van der Waals surface area contributed by atoms with E-state index < -0.39 is 5.82 Å². The van der Waals surface area contributed by atoms with Gasteiger partial charge in [-0.3, -0.25) is 4.79 Å². The van der Waals surface area contributed by atoms with Crippen molar-refractivity contribution in [3.63, 3.8) is 0 Å². The van der Waals surface area contributed by atoms with E-state index in [1.807, 2.05) is 25.1 Å². The van der Waals surface area contributed by atoms with Crippen molar-refractivity contribution >= 4 is 33.1 Å². The van der Waals surface area contributed by atoms with Crippen molar-refractivity contribution in [2.75, 3.05) is 5.32 Å². The van der Waals surface area contributed by atoms with Gasteiger partial charge in [-0.05, 0) is 43.7 Å². The number of benzene rings is 1. The third-order valence-corrected chi connectivity index (χ3v) is 3.98. The van der Waals surface area contributed by atoms with Gasteiger partial charge in [0, 0.05) is 5.69 Å². The molecular weight excluding hydrogens is 289 g/mol. The Morgan fingerprint density at radius 2 is 2.10 bits per heavy atom. The number of aromatic nitrogens is 2. The van der Waals surface area contributed by atoms with Gasteiger partial charge < -0.3 is 5.32 Å². The lowest BCUT2D eigenvalue weighted by molar-refractivity contribution is 0.102. The zero-order valence-corrected chi connectivity index (χ0v) is 12.3. The van der Waals surface area contributed by atoms with Crippen LogP contribution in [0.5, 0.6) is 0 Å². The minimum atomic E-state index is -0.425. The smallest absolute Gasteiger partial charge is 0.274 e. The molecule has 4 nitrogen and oxygen atoms in total. The Hall–Kier alpha value is -2.34. The van der Waals surface area contributed by atoms with Gasteiger partial charge in [-0.2, -0.15) is 0 Å². The summed E-state index contributed by atoms with van der Waals surface area (Å²) >= 11 is 1.60. The van der Waals surface area contributed by atoms with E-state index in [2.05, 4.69) is 15.3 Å². The van der Waals surface area contributed by atoms with Crippen LogP contribution in [0, 0.1) is 19.7 Å². The van der Waals surface area contributed by atoms with Gasteiger partial charge in [-0.15, -0.1) is 11.3 Å². The lowest BCUT2D eigenvalue weighted by atomic mass is 10.2. The molecule has 0 bridgehead atoms. The first-order valence-electron chi connectivity index (χ1n) is 6.33. The van der Waals surface area contributed by atoms with Gasteiger partial charge in [-0.25, -0.2) is 14.4 Å². The van der Waals surface area contributed by atoms with Crippen LogP contribution < -0.4 is 5.32 Å². The number of amides is 1. The van der Waals surface area contributed by atoms with Gasteiger partial charge >= 0.3 is 0 Å². The first-order valence-corrected chi connectivity index (χ1v) is 7.15. The van der Waals surface area contributed by atoms with Crippen molar-refractivity contribution in [2.45, 2.75) is 13.8 Å². The highest BCUT2D eigenvalue weighted by Crippen LogP contribution is 2.24. The molecule has 0 aliphatic heterocycles. The number of fused-ring (bicyclic) bond motifs is 1. The standard InChI is InChI=1S/C15H12FN3OS/c1-8-5-13(17-7-11(8)16)15(20)19-10-3-4-14-12(6-10)18-9(2)21-14/h3-7H,1-2H3,(H,19,20). The summed E-state index contributed by atoms with van der Waals surface area (Å²) in [6, 6.07) is 6.97. The third-order valence-electron chi connectivity index (χ3n) is 3.03. The van der Waals surface area contributed by atoms with Crippen LogP contribution in [0.25, 0.3) is 10.2 Å². The van der Waals surface area contributed by atoms with Crippen LogP contribution >= 0.6 is 11.3 Å². The first kappa shape index (κ1) is 13.6. The Balaban J connectivity index is 1.86. The van der Waals surface area contributed by atoms with Gasteiger partial charge in [0.05, 0.1) is 21.4 Å². The summed E-state index contributed by atoms with van der Waals surface area (Å²) < 4.78 is 14.2. The highest BCUT2D eigenvalue weighted by atomic mass is 32.1. The molecule has 0 fully saturated rings. The van der Waals surface area contributed by atoms with E-state index in [1.54, 1.807) is 18.3 Å². The van der Waals surface area contributed by atoms with Crippen LogP contribution in [-0.2, 0) is 0 Å². The van der Waals surface area contributed by atoms with Crippen molar-refractivity contribution in [3.05, 3.63) is 52.5 Å². The Labute approximate surface area is 124 Å². The molecule has 2 aromatic heterocycles. The molecule has 0 spiro atoms. The maximum Gasteiger partial charge on any atom is 0.274 e. The summed E-state index contributed by atoms with van der Waals surface area (Å²) in [4.78, 5) is 20.3. The summed E-state index contributed by atoms with van der Waals surface area (Å²) in [6.45, 7) is 3.53. The van der Waals surface area contributed by atoms with Gasteiger partial charge in [0.2, 0.25) is 0 Å². The number of carbonyl (C=O) groups is 1. The van der Waals surface area contributed by atoms with E-state index in [9.17, 15) is 9.18 Å². The molecule has 0 aliphatic rings. The Bertz CT molecular complexity index is 844. The second-order valence-electron chi connectivity index (χ2n) is 4.69. The topological polar surface area (TPSA) is 54.9 Å². The molecule has 1 aromatic carbocycles. The predicted octanol–water partition coefficient (Wildman–Crippen LogP) is 3.70. The van der Waals surface area contributed by atoms with E-state index >= 15 is 0 Å². The van der Waals surface area contributed by atoms with E-state index in [4.69, 9.17) is 0 Å². The number of aryl methyl sites for hydroxylation is 2. The number of nitrogens with one attached hydrogen (secondary N) is 1. The molecule has 21 heavy (non-hydrogen) atoms. The third kappa shape index (κ3) is 2.75. The normalized spacial score (nSPS) is 10.8. The summed E-state index contributed by atoms with van der Waals surface area (Å²) in [5.74, 6) is -0.796. The van der Waals surface area contributed by atoms with Crippen molar-refractivity contribution in [3.8, 4) is 0 Å². The van der Waals surface area contributed by atoms with Crippen LogP contribution in [0.15, 0.2) is 30.5 Å². The SMILES string of the molecule is Cc1nc2cc(NC(=O)c3cc(C)c(F)cn3)ccc2s1. The van der Waals surface area contributed by atoms with Crippen molar-refractivity contribution in [1.29, 1.82) is 0 Å². The summed E-state index contributed by atoms with van der Waals surface area (Å²) in [7, 11) is 0. The zero-order chi connectivity index (χ0) is 15.0. The molecular formula is C15H12FN3OS. The van der Waals surface area contributed by atoms with Gasteiger partial charge in [0.25, 0.3) is 5.91 Å². The number of rotatable bonds is 2. The molecule has 3 rings (SSSR count). The van der Waals surface area contributed by atoms with Gasteiger partial charge in [0.1, 0.15) is 11.5 Å². The Morgan fingerprint density at radius 1 is 1.29 bits per heavy atom. The number of pyridine rings is 1. The van der Waals surface area contributed by atoms with E-state index in [-0.39, 0.29) is 11.6 Å². The molecule has 6 heteroatoms. The fourth-order valence-corrected chi connectivity index (χ4v) is 2.79. The van der Waals surface area contributed by atoms with Crippen LogP contribution in [-0.4, -0.2) is 15.9 Å². The van der Waals surface area contributed by atoms with Gasteiger partial charge in [-0.1, -0.05) is 0 Å². The largest absolute Gasteiger partial charge is 0.321 e. The summed E-state index contributed by atoms with van der Waals surface area (Å²) in [6.07, 6.45) is 1.05. The molecule has 0 aliphatic carbocycles. The van der Waals surface area contributed by atoms with Crippen LogP contribution in [0.2, 0.25) is 0 Å². The number of thiazole rings is 1. The fourth-order valence-electron chi connectivity index (χ4n) is 1.98. The Kier molecular flexibility index (Phi) is 3.39. The average molecular weight is 301 g/mol. The van der Waals surface area contributed by atoms with Crippen LogP contribution in [0.4, 0.5) is 10.1 Å². The zero-order valence-electron chi connectivity index (χ0n) is 11.5. The number of nitrogens with zero attached hydrogens (tertiary/aromatic N) is 2. The maximum atomic E-state index is 13.2. The van der Waals surface area contributed by atoms with E-state index in [1.165, 1.54) is 6.07 Å². The van der Waals surface area contributed by atoms with E-state index in [0.29, 0.717) is 11.3 Å². The fraction of sp³-hybridized carbons (Fsp3) is 0.133.